The number of aromatic hydroxyl groups is 1. The van der Waals surface area contributed by atoms with Crippen molar-refractivity contribution in [2.45, 2.75) is 0 Å². The monoisotopic (exact) mass is 550 g/mol. The van der Waals surface area contributed by atoms with Crippen molar-refractivity contribution < 1.29 is 37.6 Å². The number of halogens is 2. The normalized spacial score (nSPS) is 10.5. The third-order valence-corrected chi connectivity index (χ3v) is 5.44. The largest absolute Gasteiger partial charge is 0.504 e. The van der Waals surface area contributed by atoms with Crippen LogP contribution in [0.3, 0.4) is 0 Å². The number of aromatic nitrogens is 1. The molecular weight excluding hydrogens is 526 g/mol. The average Bonchev–Trinajstić information content (AvgIpc) is 2.94. The fourth-order valence-corrected chi connectivity index (χ4v) is 3.45. The number of methoxy groups -OCH3 is 1. The van der Waals surface area contributed by atoms with Gasteiger partial charge in [0, 0.05) is 25.2 Å². The molecule has 4 aromatic rings. The molecular formula is C28H24F2N4O6. The molecule has 0 aliphatic rings. The summed E-state index contributed by atoms with van der Waals surface area (Å²) in [7, 11) is 4.49. The van der Waals surface area contributed by atoms with Crippen LogP contribution in [0.4, 0.5) is 8.78 Å². The number of carbonyl (C=O) groups is 1. The number of rotatable bonds is 9. The van der Waals surface area contributed by atoms with Crippen LogP contribution in [0.25, 0.3) is 0 Å². The molecule has 0 saturated heterocycles. The fraction of sp³-hybridized carbons (Fsp3) is 0.107. The van der Waals surface area contributed by atoms with E-state index in [1.807, 2.05) is 0 Å². The number of nitrogen functional groups attached to an aromatic ring is 1. The molecule has 1 amide bonds. The van der Waals surface area contributed by atoms with Gasteiger partial charge in [0.25, 0.3) is 17.7 Å². The summed E-state index contributed by atoms with van der Waals surface area (Å²) in [6, 6.07) is 15.7. The van der Waals surface area contributed by atoms with Gasteiger partial charge in [0.05, 0.1) is 7.11 Å². The number of benzene rings is 3. The van der Waals surface area contributed by atoms with E-state index in [9.17, 15) is 9.90 Å². The van der Waals surface area contributed by atoms with Crippen LogP contribution in [0.5, 0.6) is 46.3 Å². The third-order valence-electron chi connectivity index (χ3n) is 5.44. The summed E-state index contributed by atoms with van der Waals surface area (Å²) < 4.78 is 53.2. The second kappa shape index (κ2) is 11.6. The standard InChI is InChI=1S/C28H24F2N4O6/c1-34(2)28(36)16-7-6-8-17(13-16)38-26-22(29)24(39-20-10-5-4-9-19(20)37-3)23(30)27(33-26)40-21-14-15(25(31)32)11-12-18(21)35/h4-14,35H,1-3H3,(H3,31,32). The molecule has 12 heteroatoms. The molecule has 40 heavy (non-hydrogen) atoms. The lowest BCUT2D eigenvalue weighted by Crippen LogP contribution is -2.21. The van der Waals surface area contributed by atoms with Crippen molar-refractivity contribution in [1.29, 1.82) is 5.41 Å². The van der Waals surface area contributed by atoms with E-state index in [2.05, 4.69) is 4.98 Å². The number of amides is 1. The zero-order valence-electron chi connectivity index (χ0n) is 21.6. The van der Waals surface area contributed by atoms with Crippen LogP contribution in [-0.4, -0.2) is 47.9 Å². The highest BCUT2D eigenvalue weighted by atomic mass is 19.1. The van der Waals surface area contributed by atoms with E-state index >= 15 is 8.78 Å². The van der Waals surface area contributed by atoms with Gasteiger partial charge in [-0.15, -0.1) is 0 Å². The number of hydrogen-bond donors (Lipinski definition) is 3. The maximum Gasteiger partial charge on any atom is 0.263 e. The van der Waals surface area contributed by atoms with Crippen molar-refractivity contribution in [3.63, 3.8) is 0 Å². The first-order valence-corrected chi connectivity index (χ1v) is 11.6. The Morgan fingerprint density at radius 1 is 0.875 bits per heavy atom. The van der Waals surface area contributed by atoms with Gasteiger partial charge in [0.2, 0.25) is 17.4 Å². The second-order valence-corrected chi connectivity index (χ2v) is 8.46. The number of nitrogens with zero attached hydrogens (tertiary/aromatic N) is 2. The highest BCUT2D eigenvalue weighted by molar-refractivity contribution is 5.95. The van der Waals surface area contributed by atoms with Crippen LogP contribution in [0.2, 0.25) is 0 Å². The van der Waals surface area contributed by atoms with Gasteiger partial charge in [0.15, 0.2) is 23.0 Å². The van der Waals surface area contributed by atoms with Gasteiger partial charge in [-0.1, -0.05) is 18.2 Å². The van der Waals surface area contributed by atoms with Gasteiger partial charge in [-0.3, -0.25) is 10.2 Å². The number of nitrogens with one attached hydrogen (secondary N) is 1. The lowest BCUT2D eigenvalue weighted by molar-refractivity contribution is 0.0827. The number of nitrogens with two attached hydrogens (primary N) is 1. The number of phenolic OH excluding ortho intramolecular Hbond substituents is 1. The zero-order valence-corrected chi connectivity index (χ0v) is 21.6. The maximum atomic E-state index is 15.7. The van der Waals surface area contributed by atoms with E-state index < -0.39 is 34.9 Å². The molecule has 10 nitrogen and oxygen atoms in total. The lowest BCUT2D eigenvalue weighted by atomic mass is 10.2. The molecule has 0 unspecified atom stereocenters. The van der Waals surface area contributed by atoms with Crippen LogP contribution < -0.4 is 24.7 Å². The van der Waals surface area contributed by atoms with E-state index in [-0.39, 0.29) is 45.9 Å². The topological polar surface area (TPSA) is 140 Å². The lowest BCUT2D eigenvalue weighted by Gasteiger charge is -2.16. The summed E-state index contributed by atoms with van der Waals surface area (Å²) in [6.45, 7) is 0. The Labute approximate surface area is 227 Å². The molecule has 0 aliphatic carbocycles. The number of amidine groups is 1. The van der Waals surface area contributed by atoms with Gasteiger partial charge in [0.1, 0.15) is 11.6 Å². The molecule has 0 aliphatic heterocycles. The Bertz CT molecular complexity index is 1600. The summed E-state index contributed by atoms with van der Waals surface area (Å²) in [5.74, 6) is -6.43. The highest BCUT2D eigenvalue weighted by Crippen LogP contribution is 2.42. The van der Waals surface area contributed by atoms with Crippen LogP contribution in [0, 0.1) is 17.0 Å². The van der Waals surface area contributed by atoms with Crippen LogP contribution >= 0.6 is 0 Å². The Kier molecular flexibility index (Phi) is 7.99. The molecule has 0 bridgehead atoms. The SMILES string of the molecule is COc1ccccc1Oc1c(F)c(Oc2cccc(C(=O)N(C)C)c2)nc(Oc2cc(C(=N)N)ccc2O)c1F. The van der Waals surface area contributed by atoms with E-state index in [0.29, 0.717) is 0 Å². The van der Waals surface area contributed by atoms with Crippen molar-refractivity contribution >= 4 is 11.7 Å². The quantitative estimate of drug-likeness (QED) is 0.185. The smallest absolute Gasteiger partial charge is 0.263 e. The zero-order chi connectivity index (χ0) is 29.0. The Balaban J connectivity index is 1.83. The first kappa shape index (κ1) is 27.6. The summed E-state index contributed by atoms with van der Waals surface area (Å²) >= 11 is 0. The van der Waals surface area contributed by atoms with Crippen molar-refractivity contribution in [2.75, 3.05) is 21.2 Å². The van der Waals surface area contributed by atoms with E-state index in [1.165, 1.54) is 60.5 Å². The van der Waals surface area contributed by atoms with Gasteiger partial charge >= 0.3 is 0 Å². The summed E-state index contributed by atoms with van der Waals surface area (Å²) in [4.78, 5) is 17.6. The molecule has 0 radical (unpaired) electrons. The van der Waals surface area contributed by atoms with Crippen molar-refractivity contribution in [2.24, 2.45) is 5.73 Å². The Morgan fingerprint density at radius 2 is 1.55 bits per heavy atom. The van der Waals surface area contributed by atoms with E-state index in [4.69, 9.17) is 30.1 Å². The molecule has 3 aromatic carbocycles. The molecule has 1 aromatic heterocycles. The summed E-state index contributed by atoms with van der Waals surface area (Å²) in [5.41, 5.74) is 5.92. The van der Waals surface area contributed by atoms with Crippen molar-refractivity contribution in [3.05, 3.63) is 89.5 Å². The Morgan fingerprint density at radius 3 is 2.20 bits per heavy atom. The number of carbonyl (C=O) groups excluding carboxylic acids is 1. The Hall–Kier alpha value is -5.39. The number of ether oxygens (including phenoxy) is 4. The molecule has 0 fully saturated rings. The van der Waals surface area contributed by atoms with Crippen LogP contribution in [0.15, 0.2) is 66.7 Å². The number of para-hydroxylation sites is 2. The van der Waals surface area contributed by atoms with Gasteiger partial charge in [-0.25, -0.2) is 0 Å². The molecule has 1 heterocycles. The van der Waals surface area contributed by atoms with E-state index in [1.54, 1.807) is 32.3 Å². The third kappa shape index (κ3) is 5.85. The molecule has 206 valence electrons. The summed E-state index contributed by atoms with van der Waals surface area (Å²) in [5, 5.41) is 17.9. The number of hydrogen-bond acceptors (Lipinski definition) is 8. The van der Waals surface area contributed by atoms with Crippen LogP contribution in [0.1, 0.15) is 15.9 Å². The minimum atomic E-state index is -1.36. The molecule has 4 rings (SSSR count). The van der Waals surface area contributed by atoms with E-state index in [0.717, 1.165) is 0 Å². The second-order valence-electron chi connectivity index (χ2n) is 8.46. The predicted octanol–water partition coefficient (Wildman–Crippen LogP) is 5.44. The predicted molar refractivity (Wildman–Crippen MR) is 141 cm³/mol. The van der Waals surface area contributed by atoms with Gasteiger partial charge in [-0.05, 0) is 48.5 Å². The molecule has 0 saturated carbocycles. The number of phenols is 1. The average molecular weight is 551 g/mol. The van der Waals surface area contributed by atoms with Crippen molar-refractivity contribution in [3.8, 4) is 46.3 Å². The minimum absolute atomic E-state index is 0.0151. The summed E-state index contributed by atoms with van der Waals surface area (Å²) in [6.07, 6.45) is 0. The minimum Gasteiger partial charge on any atom is -0.504 e. The van der Waals surface area contributed by atoms with Gasteiger partial charge in [-0.2, -0.15) is 13.8 Å². The van der Waals surface area contributed by atoms with Gasteiger partial charge < -0.3 is 34.7 Å². The van der Waals surface area contributed by atoms with Crippen molar-refractivity contribution in [1.82, 2.24) is 9.88 Å². The first-order chi connectivity index (χ1) is 19.1. The molecule has 0 atom stereocenters. The maximum absolute atomic E-state index is 15.7. The van der Waals surface area contributed by atoms with Crippen LogP contribution in [-0.2, 0) is 0 Å². The first-order valence-electron chi connectivity index (χ1n) is 11.6. The fourth-order valence-electron chi connectivity index (χ4n) is 3.45. The molecule has 4 N–H and O–H groups in total. The number of pyridine rings is 1. The molecule has 0 spiro atoms. The highest BCUT2D eigenvalue weighted by Gasteiger charge is 2.27.